The van der Waals surface area contributed by atoms with E-state index in [1.165, 1.54) is 23.5 Å². The molecule has 1 aromatic rings. The van der Waals surface area contributed by atoms with Gasteiger partial charge < -0.3 is 14.8 Å². The monoisotopic (exact) mass is 277 g/mol. The zero-order chi connectivity index (χ0) is 14.5. The highest BCUT2D eigenvalue weighted by atomic mass is 16.2. The van der Waals surface area contributed by atoms with Crippen molar-refractivity contribution in [2.75, 3.05) is 19.6 Å². The van der Waals surface area contributed by atoms with Crippen LogP contribution in [0.15, 0.2) is 23.1 Å². The van der Waals surface area contributed by atoms with Crippen molar-refractivity contribution >= 4 is 5.91 Å². The molecule has 0 saturated carbocycles. The Morgan fingerprint density at radius 3 is 2.90 bits per heavy atom. The molecule has 0 spiro atoms. The number of nitrogens with one attached hydrogen (secondary N) is 1. The number of carbonyl (C=O) groups excluding carboxylic acids is 1. The largest absolute Gasteiger partial charge is 0.337 e. The summed E-state index contributed by atoms with van der Waals surface area (Å²) in [5, 5.41) is 3.45. The molecule has 110 valence electrons. The van der Waals surface area contributed by atoms with Crippen molar-refractivity contribution in [3.05, 3.63) is 34.2 Å². The molecule has 0 bridgehead atoms. The van der Waals surface area contributed by atoms with E-state index in [-0.39, 0.29) is 11.5 Å². The molecule has 1 aliphatic rings. The lowest BCUT2D eigenvalue weighted by Crippen LogP contribution is -2.45. The van der Waals surface area contributed by atoms with E-state index >= 15 is 0 Å². The van der Waals surface area contributed by atoms with Crippen LogP contribution in [0.4, 0.5) is 0 Å². The third-order valence-electron chi connectivity index (χ3n) is 3.87. The molecule has 0 aromatic carbocycles. The van der Waals surface area contributed by atoms with E-state index in [4.69, 9.17) is 0 Å². The fraction of sp³-hybridized carbons (Fsp3) is 0.600. The number of likely N-dealkylation sites (N-methyl/N-ethyl adjacent to an activating group) is 1. The van der Waals surface area contributed by atoms with Crippen molar-refractivity contribution in [2.24, 2.45) is 7.05 Å². The number of hydrogen-bond donors (Lipinski definition) is 1. The summed E-state index contributed by atoms with van der Waals surface area (Å²) >= 11 is 0. The minimum Gasteiger partial charge on any atom is -0.337 e. The second-order valence-electron chi connectivity index (χ2n) is 5.36. The molecule has 2 heterocycles. The lowest BCUT2D eigenvalue weighted by Gasteiger charge is -2.30. The number of aromatic nitrogens is 1. The highest BCUT2D eigenvalue weighted by Crippen LogP contribution is 2.10. The van der Waals surface area contributed by atoms with E-state index in [1.54, 1.807) is 19.3 Å². The Morgan fingerprint density at radius 1 is 1.50 bits per heavy atom. The van der Waals surface area contributed by atoms with Crippen molar-refractivity contribution in [3.63, 3.8) is 0 Å². The van der Waals surface area contributed by atoms with Crippen molar-refractivity contribution in [1.29, 1.82) is 0 Å². The molecule has 1 fully saturated rings. The number of rotatable bonds is 4. The Bertz CT molecular complexity index is 518. The lowest BCUT2D eigenvalue weighted by molar-refractivity contribution is 0.0741. The summed E-state index contributed by atoms with van der Waals surface area (Å²) in [4.78, 5) is 25.9. The van der Waals surface area contributed by atoms with E-state index < -0.39 is 0 Å². The standard InChI is InChI=1S/C15H23N3O2/c1-3-18(11-13-6-4-5-8-16-13)15(20)12-7-9-17(2)14(19)10-12/h7,9-10,13,16H,3-6,8,11H2,1-2H3. The molecule has 1 unspecified atom stereocenters. The van der Waals surface area contributed by atoms with E-state index in [1.807, 2.05) is 11.8 Å². The third-order valence-corrected chi connectivity index (χ3v) is 3.87. The van der Waals surface area contributed by atoms with E-state index in [0.29, 0.717) is 24.7 Å². The molecule has 2 rings (SSSR count). The predicted molar refractivity (Wildman–Crippen MR) is 78.9 cm³/mol. The first-order valence-corrected chi connectivity index (χ1v) is 7.31. The molecule has 1 aromatic heterocycles. The fourth-order valence-corrected chi connectivity index (χ4v) is 2.57. The molecule has 1 N–H and O–H groups in total. The Kier molecular flexibility index (Phi) is 4.95. The quantitative estimate of drug-likeness (QED) is 0.893. The zero-order valence-electron chi connectivity index (χ0n) is 12.3. The average Bonchev–Trinajstić information content (AvgIpc) is 2.48. The van der Waals surface area contributed by atoms with Crippen LogP contribution in [0.1, 0.15) is 36.5 Å². The van der Waals surface area contributed by atoms with Crippen LogP contribution in [0.3, 0.4) is 0 Å². The summed E-state index contributed by atoms with van der Waals surface area (Å²) in [6.07, 6.45) is 5.18. The van der Waals surface area contributed by atoms with Gasteiger partial charge in [0.25, 0.3) is 11.5 Å². The van der Waals surface area contributed by atoms with Crippen molar-refractivity contribution in [3.8, 4) is 0 Å². The normalized spacial score (nSPS) is 18.8. The molecule has 5 nitrogen and oxygen atoms in total. The van der Waals surface area contributed by atoms with Gasteiger partial charge in [-0.3, -0.25) is 9.59 Å². The lowest BCUT2D eigenvalue weighted by atomic mass is 10.0. The molecular formula is C15H23N3O2. The summed E-state index contributed by atoms with van der Waals surface area (Å²) in [6.45, 7) is 4.38. The maximum Gasteiger partial charge on any atom is 0.254 e. The van der Waals surface area contributed by atoms with Crippen LogP contribution in [0.2, 0.25) is 0 Å². The first kappa shape index (κ1) is 14.8. The number of aryl methyl sites for hydroxylation is 1. The van der Waals surface area contributed by atoms with Gasteiger partial charge in [-0.2, -0.15) is 0 Å². The van der Waals surface area contributed by atoms with Gasteiger partial charge in [-0.1, -0.05) is 6.42 Å². The van der Waals surface area contributed by atoms with Gasteiger partial charge in [-0.15, -0.1) is 0 Å². The summed E-state index contributed by atoms with van der Waals surface area (Å²) in [5.74, 6) is -0.0578. The average molecular weight is 277 g/mol. The molecule has 1 atom stereocenters. The van der Waals surface area contributed by atoms with Gasteiger partial charge in [0, 0.05) is 44.0 Å². The minimum atomic E-state index is -0.150. The van der Waals surface area contributed by atoms with E-state index in [2.05, 4.69) is 5.32 Å². The number of hydrogen-bond acceptors (Lipinski definition) is 3. The van der Waals surface area contributed by atoms with Crippen LogP contribution >= 0.6 is 0 Å². The van der Waals surface area contributed by atoms with Crippen LogP contribution in [0, 0.1) is 0 Å². The highest BCUT2D eigenvalue weighted by molar-refractivity contribution is 5.94. The summed E-state index contributed by atoms with van der Waals surface area (Å²) < 4.78 is 1.47. The van der Waals surface area contributed by atoms with E-state index in [0.717, 1.165) is 13.0 Å². The van der Waals surface area contributed by atoms with Crippen molar-refractivity contribution < 1.29 is 4.79 Å². The maximum absolute atomic E-state index is 12.5. The van der Waals surface area contributed by atoms with Gasteiger partial charge in [0.1, 0.15) is 0 Å². The first-order chi connectivity index (χ1) is 9.61. The van der Waals surface area contributed by atoms with Gasteiger partial charge in [-0.05, 0) is 32.4 Å². The SMILES string of the molecule is CCN(CC1CCCCN1)C(=O)c1ccn(C)c(=O)c1. The molecule has 1 aliphatic heterocycles. The van der Waals surface area contributed by atoms with Crippen molar-refractivity contribution in [2.45, 2.75) is 32.2 Å². The predicted octanol–water partition coefficient (Wildman–Crippen LogP) is 0.989. The third kappa shape index (κ3) is 3.48. The number of nitrogens with zero attached hydrogens (tertiary/aromatic N) is 2. The molecule has 5 heteroatoms. The molecule has 1 amide bonds. The van der Waals surface area contributed by atoms with Gasteiger partial charge in [0.15, 0.2) is 0 Å². The smallest absolute Gasteiger partial charge is 0.254 e. The number of pyridine rings is 1. The minimum absolute atomic E-state index is 0.0578. The fourth-order valence-electron chi connectivity index (χ4n) is 2.57. The maximum atomic E-state index is 12.5. The summed E-state index contributed by atoms with van der Waals surface area (Å²) in [6, 6.07) is 3.50. The van der Waals surface area contributed by atoms with E-state index in [9.17, 15) is 9.59 Å². The molecule has 1 saturated heterocycles. The van der Waals surface area contributed by atoms with Gasteiger partial charge in [0.2, 0.25) is 0 Å². The number of piperidine rings is 1. The Balaban J connectivity index is 2.07. The van der Waals surface area contributed by atoms with Crippen molar-refractivity contribution in [1.82, 2.24) is 14.8 Å². The summed E-state index contributed by atoms with van der Waals surface area (Å²) in [5.41, 5.74) is 0.327. The van der Waals surface area contributed by atoms with Crippen LogP contribution in [0.5, 0.6) is 0 Å². The molecule has 0 aliphatic carbocycles. The van der Waals surface area contributed by atoms with Crippen LogP contribution < -0.4 is 10.9 Å². The van der Waals surface area contributed by atoms with Crippen LogP contribution in [-0.4, -0.2) is 41.1 Å². The van der Waals surface area contributed by atoms with Gasteiger partial charge in [-0.25, -0.2) is 0 Å². The Morgan fingerprint density at radius 2 is 2.30 bits per heavy atom. The molecular weight excluding hydrogens is 254 g/mol. The highest BCUT2D eigenvalue weighted by Gasteiger charge is 2.20. The Hall–Kier alpha value is -1.62. The van der Waals surface area contributed by atoms with Gasteiger partial charge >= 0.3 is 0 Å². The number of carbonyl (C=O) groups is 1. The molecule has 0 radical (unpaired) electrons. The Labute approximate surface area is 119 Å². The van der Waals surface area contributed by atoms with Crippen LogP contribution in [-0.2, 0) is 7.05 Å². The van der Waals surface area contributed by atoms with Crippen LogP contribution in [0.25, 0.3) is 0 Å². The first-order valence-electron chi connectivity index (χ1n) is 7.31. The zero-order valence-corrected chi connectivity index (χ0v) is 12.3. The van der Waals surface area contributed by atoms with Gasteiger partial charge in [0.05, 0.1) is 0 Å². The topological polar surface area (TPSA) is 54.3 Å². The second kappa shape index (κ2) is 6.70. The molecule has 20 heavy (non-hydrogen) atoms. The number of amides is 1. The summed E-state index contributed by atoms with van der Waals surface area (Å²) in [7, 11) is 1.68. The second-order valence-corrected chi connectivity index (χ2v) is 5.36.